The van der Waals surface area contributed by atoms with Crippen LogP contribution in [0.4, 0.5) is 0 Å². The third kappa shape index (κ3) is 3.83. The molecule has 3 aromatic rings. The van der Waals surface area contributed by atoms with Crippen molar-refractivity contribution in [2.24, 2.45) is 0 Å². The fraction of sp³-hybridized carbons (Fsp3) is 0.259. The minimum absolute atomic E-state index is 0.0422. The molecule has 1 amide bonds. The number of ether oxygens (including phenoxy) is 2. The van der Waals surface area contributed by atoms with Crippen LogP contribution in [0.25, 0.3) is 16.5 Å². The number of amides is 1. The van der Waals surface area contributed by atoms with Crippen LogP contribution in [0.1, 0.15) is 30.0 Å². The number of aliphatic hydroxyl groups excluding tert-OH is 1. The summed E-state index contributed by atoms with van der Waals surface area (Å²) >= 11 is 6.28. The summed E-state index contributed by atoms with van der Waals surface area (Å²) in [5.74, 6) is -1.19. The molecule has 0 bridgehead atoms. The van der Waals surface area contributed by atoms with Gasteiger partial charge in [0.2, 0.25) is 0 Å². The summed E-state index contributed by atoms with van der Waals surface area (Å²) in [6.45, 7) is 0.913. The zero-order valence-electron chi connectivity index (χ0n) is 18.7. The molecule has 3 aromatic carbocycles. The summed E-state index contributed by atoms with van der Waals surface area (Å²) < 4.78 is 11.0. The van der Waals surface area contributed by atoms with Crippen molar-refractivity contribution in [2.75, 3.05) is 20.3 Å². The number of likely N-dealkylation sites (tertiary alicyclic amines) is 1. The van der Waals surface area contributed by atoms with E-state index in [4.69, 9.17) is 21.1 Å². The van der Waals surface area contributed by atoms with Gasteiger partial charge in [-0.15, -0.1) is 0 Å². The Bertz CT molecular complexity index is 1310. The number of fused-ring (bicyclic) bond motifs is 1. The van der Waals surface area contributed by atoms with Gasteiger partial charge in [0.25, 0.3) is 11.7 Å². The van der Waals surface area contributed by atoms with Gasteiger partial charge in [0.1, 0.15) is 11.5 Å². The molecular formula is C27H24ClNO5. The van der Waals surface area contributed by atoms with Crippen molar-refractivity contribution in [3.05, 3.63) is 82.4 Å². The van der Waals surface area contributed by atoms with Gasteiger partial charge in [-0.25, -0.2) is 0 Å². The lowest BCUT2D eigenvalue weighted by atomic mass is 9.91. The number of carbonyl (C=O) groups excluding carboxylic acids is 2. The second-order valence-corrected chi connectivity index (χ2v) is 8.91. The van der Waals surface area contributed by atoms with E-state index in [9.17, 15) is 14.7 Å². The van der Waals surface area contributed by atoms with Crippen LogP contribution in [-0.4, -0.2) is 48.1 Å². The number of halogens is 1. The van der Waals surface area contributed by atoms with Crippen molar-refractivity contribution in [1.29, 1.82) is 0 Å². The summed E-state index contributed by atoms with van der Waals surface area (Å²) in [5, 5.41) is 13.5. The van der Waals surface area contributed by atoms with E-state index in [2.05, 4.69) is 0 Å². The van der Waals surface area contributed by atoms with Gasteiger partial charge in [0, 0.05) is 18.7 Å². The van der Waals surface area contributed by atoms with Gasteiger partial charge in [-0.05, 0) is 47.4 Å². The Hall–Kier alpha value is -3.35. The zero-order valence-corrected chi connectivity index (χ0v) is 19.4. The first-order chi connectivity index (χ1) is 16.5. The van der Waals surface area contributed by atoms with Crippen LogP contribution < -0.4 is 4.74 Å². The number of Topliss-reactive ketones (excluding diaryl/α,β-unsaturated/α-hetero) is 1. The van der Waals surface area contributed by atoms with Gasteiger partial charge in [-0.3, -0.25) is 9.59 Å². The van der Waals surface area contributed by atoms with E-state index in [0.717, 1.165) is 29.2 Å². The van der Waals surface area contributed by atoms with Gasteiger partial charge in [-0.1, -0.05) is 54.1 Å². The summed E-state index contributed by atoms with van der Waals surface area (Å²) in [4.78, 5) is 28.1. The highest BCUT2D eigenvalue weighted by Gasteiger charge is 2.47. The minimum atomic E-state index is -0.754. The molecule has 2 heterocycles. The number of aliphatic hydroxyl groups is 1. The molecule has 0 spiro atoms. The zero-order chi connectivity index (χ0) is 23.8. The Morgan fingerprint density at radius 2 is 1.94 bits per heavy atom. The maximum absolute atomic E-state index is 13.3. The number of carbonyl (C=O) groups is 2. The second kappa shape index (κ2) is 9.12. The predicted molar refractivity (Wildman–Crippen MR) is 130 cm³/mol. The minimum Gasteiger partial charge on any atom is -0.507 e. The SMILES string of the molecule is COc1ccc(/C(O)=C2/C(=O)C(=O)N(CC3CCCO3)C2c2cccc3ccccc23)cc1Cl. The van der Waals surface area contributed by atoms with Gasteiger partial charge >= 0.3 is 0 Å². The van der Waals surface area contributed by atoms with Crippen molar-refractivity contribution in [3.63, 3.8) is 0 Å². The first kappa shape index (κ1) is 22.4. The molecule has 5 rings (SSSR count). The monoisotopic (exact) mass is 477 g/mol. The Morgan fingerprint density at radius 1 is 1.15 bits per heavy atom. The third-order valence-electron chi connectivity index (χ3n) is 6.51. The van der Waals surface area contributed by atoms with E-state index in [1.807, 2.05) is 42.5 Å². The quantitative estimate of drug-likeness (QED) is 0.314. The van der Waals surface area contributed by atoms with Crippen molar-refractivity contribution in [3.8, 4) is 5.75 Å². The molecule has 2 aliphatic heterocycles. The predicted octanol–water partition coefficient (Wildman–Crippen LogP) is 5.10. The largest absolute Gasteiger partial charge is 0.507 e. The van der Waals surface area contributed by atoms with Crippen molar-refractivity contribution in [1.82, 2.24) is 4.90 Å². The smallest absolute Gasteiger partial charge is 0.295 e. The molecule has 0 aliphatic carbocycles. The lowest BCUT2D eigenvalue weighted by Gasteiger charge is -2.28. The van der Waals surface area contributed by atoms with E-state index in [0.29, 0.717) is 22.9 Å². The van der Waals surface area contributed by atoms with Gasteiger partial charge in [0.15, 0.2) is 0 Å². The van der Waals surface area contributed by atoms with Crippen LogP contribution >= 0.6 is 11.6 Å². The number of rotatable bonds is 5. The van der Waals surface area contributed by atoms with Crippen LogP contribution in [0.2, 0.25) is 5.02 Å². The van der Waals surface area contributed by atoms with Gasteiger partial charge < -0.3 is 19.5 Å². The molecule has 2 fully saturated rings. The van der Waals surface area contributed by atoms with Crippen LogP contribution in [0.5, 0.6) is 5.75 Å². The summed E-state index contributed by atoms with van der Waals surface area (Å²) in [5.41, 5.74) is 1.16. The highest BCUT2D eigenvalue weighted by molar-refractivity contribution is 6.46. The number of ketones is 1. The van der Waals surface area contributed by atoms with E-state index in [1.54, 1.807) is 12.1 Å². The van der Waals surface area contributed by atoms with E-state index >= 15 is 0 Å². The fourth-order valence-corrected chi connectivity index (χ4v) is 5.12. The number of nitrogens with zero attached hydrogens (tertiary/aromatic N) is 1. The Morgan fingerprint density at radius 3 is 2.68 bits per heavy atom. The van der Waals surface area contributed by atoms with Gasteiger partial charge in [0.05, 0.1) is 29.9 Å². The maximum atomic E-state index is 13.3. The van der Waals surface area contributed by atoms with Crippen LogP contribution in [0.3, 0.4) is 0 Å². The molecule has 6 nitrogen and oxygen atoms in total. The normalized spacial score (nSPS) is 22.0. The Kier molecular flexibility index (Phi) is 6.02. The topological polar surface area (TPSA) is 76.1 Å². The molecule has 0 saturated carbocycles. The number of hydrogen-bond acceptors (Lipinski definition) is 5. The molecule has 0 radical (unpaired) electrons. The van der Waals surface area contributed by atoms with Crippen molar-refractivity contribution >= 4 is 39.8 Å². The van der Waals surface area contributed by atoms with E-state index < -0.39 is 17.7 Å². The van der Waals surface area contributed by atoms with Crippen molar-refractivity contribution in [2.45, 2.75) is 25.0 Å². The van der Waals surface area contributed by atoms with Gasteiger partial charge in [-0.2, -0.15) is 0 Å². The number of hydrogen-bond donors (Lipinski definition) is 1. The molecule has 0 aromatic heterocycles. The Balaban J connectivity index is 1.70. The van der Waals surface area contributed by atoms with Crippen LogP contribution in [0.15, 0.2) is 66.2 Å². The van der Waals surface area contributed by atoms with Crippen LogP contribution in [0, 0.1) is 0 Å². The lowest BCUT2D eigenvalue weighted by Crippen LogP contribution is -2.36. The molecule has 2 saturated heterocycles. The Labute approximate surface area is 202 Å². The molecule has 2 atom stereocenters. The molecule has 1 N–H and O–H groups in total. The number of benzene rings is 3. The van der Waals surface area contributed by atoms with Crippen LogP contribution in [-0.2, 0) is 14.3 Å². The number of methoxy groups -OCH3 is 1. The molecular weight excluding hydrogens is 454 g/mol. The highest BCUT2D eigenvalue weighted by Crippen LogP contribution is 2.43. The highest BCUT2D eigenvalue weighted by atomic mass is 35.5. The average Bonchev–Trinajstić information content (AvgIpc) is 3.45. The molecule has 7 heteroatoms. The molecule has 2 unspecified atom stereocenters. The molecule has 34 heavy (non-hydrogen) atoms. The van der Waals surface area contributed by atoms with E-state index in [1.165, 1.54) is 18.1 Å². The molecule has 174 valence electrons. The maximum Gasteiger partial charge on any atom is 0.295 e. The summed E-state index contributed by atoms with van der Waals surface area (Å²) in [6, 6.07) is 17.6. The average molecular weight is 478 g/mol. The second-order valence-electron chi connectivity index (χ2n) is 8.50. The molecule has 2 aliphatic rings. The third-order valence-corrected chi connectivity index (χ3v) is 6.80. The summed E-state index contributed by atoms with van der Waals surface area (Å²) in [6.07, 6.45) is 1.59. The standard InChI is InChI=1S/C27H24ClNO5/c1-33-22-12-11-17(14-21(22)28)25(30)23-24(20-10-4-7-16-6-2-3-9-19(16)20)29(27(32)26(23)31)15-18-8-5-13-34-18/h2-4,6-7,9-12,14,18,24,30H,5,8,13,15H2,1H3/b25-23-. The summed E-state index contributed by atoms with van der Waals surface area (Å²) in [7, 11) is 1.50. The fourth-order valence-electron chi connectivity index (χ4n) is 4.86. The first-order valence-corrected chi connectivity index (χ1v) is 11.6. The van der Waals surface area contributed by atoms with Crippen molar-refractivity contribution < 1.29 is 24.2 Å². The first-order valence-electron chi connectivity index (χ1n) is 11.2. The van der Waals surface area contributed by atoms with E-state index in [-0.39, 0.29) is 24.0 Å². The lowest BCUT2D eigenvalue weighted by molar-refractivity contribution is -0.140.